The molecule has 0 unspecified atom stereocenters. The van der Waals surface area contributed by atoms with E-state index in [-0.39, 0.29) is 11.8 Å². The molecule has 2 N–H and O–H groups in total. The lowest BCUT2D eigenvalue weighted by molar-refractivity contribution is -0.136. The summed E-state index contributed by atoms with van der Waals surface area (Å²) in [6.45, 7) is 12.7. The van der Waals surface area contributed by atoms with Crippen LogP contribution in [-0.2, 0) is 9.59 Å². The predicted molar refractivity (Wildman–Crippen MR) is 151 cm³/mol. The van der Waals surface area contributed by atoms with Crippen molar-refractivity contribution < 1.29 is 19.8 Å². The minimum Gasteiger partial charge on any atom is -0.481 e. The molecule has 4 heteroatoms. The Hall–Kier alpha value is -2.36. The Bertz CT molecular complexity index is 893. The lowest BCUT2D eigenvalue weighted by Crippen LogP contribution is -2.19. The van der Waals surface area contributed by atoms with Gasteiger partial charge in [0.25, 0.3) is 0 Å². The molecule has 0 bridgehead atoms. The molecular weight excluding hydrogens is 448 g/mol. The maximum Gasteiger partial charge on any atom is 0.331 e. The van der Waals surface area contributed by atoms with Crippen LogP contribution < -0.4 is 0 Å². The van der Waals surface area contributed by atoms with Crippen LogP contribution in [0.15, 0.2) is 57.7 Å². The highest BCUT2D eigenvalue weighted by molar-refractivity contribution is 5.88. The van der Waals surface area contributed by atoms with E-state index in [1.807, 2.05) is 19.9 Å². The highest BCUT2D eigenvalue weighted by atomic mass is 16.4. The third kappa shape index (κ3) is 11.6. The fraction of sp³-hybridized carbons (Fsp3) is 0.625. The fourth-order valence-corrected chi connectivity index (χ4v) is 5.05. The summed E-state index contributed by atoms with van der Waals surface area (Å²) < 4.78 is 0. The lowest BCUT2D eigenvalue weighted by Gasteiger charge is -2.33. The van der Waals surface area contributed by atoms with Crippen molar-refractivity contribution >= 4 is 11.9 Å². The zero-order valence-electron chi connectivity index (χ0n) is 23.7. The van der Waals surface area contributed by atoms with Gasteiger partial charge in [-0.15, -0.1) is 0 Å². The van der Waals surface area contributed by atoms with Gasteiger partial charge < -0.3 is 10.2 Å². The minimum atomic E-state index is -0.894. The number of hydrogen-bond donors (Lipinski definition) is 2. The Kier molecular flexibility index (Phi) is 14.4. The van der Waals surface area contributed by atoms with Crippen molar-refractivity contribution in [3.63, 3.8) is 0 Å². The van der Waals surface area contributed by atoms with Gasteiger partial charge in [-0.25, -0.2) is 4.79 Å². The summed E-state index contributed by atoms with van der Waals surface area (Å²) in [7, 11) is 0. The molecule has 36 heavy (non-hydrogen) atoms. The molecule has 4 nitrogen and oxygen atoms in total. The molecule has 202 valence electrons. The van der Waals surface area contributed by atoms with Crippen LogP contribution in [0.5, 0.6) is 0 Å². The van der Waals surface area contributed by atoms with Gasteiger partial charge in [0.05, 0.1) is 6.42 Å². The maximum atomic E-state index is 11.9. The molecule has 0 radical (unpaired) electrons. The number of carboxylic acids is 2. The van der Waals surface area contributed by atoms with Crippen molar-refractivity contribution in [3.8, 4) is 0 Å². The van der Waals surface area contributed by atoms with E-state index in [9.17, 15) is 19.8 Å². The van der Waals surface area contributed by atoms with Crippen LogP contribution in [0, 0.1) is 5.41 Å². The minimum absolute atomic E-state index is 0.0954. The summed E-state index contributed by atoms with van der Waals surface area (Å²) in [5, 5.41) is 19.2. The summed E-state index contributed by atoms with van der Waals surface area (Å²) in [4.78, 5) is 23.4. The van der Waals surface area contributed by atoms with Gasteiger partial charge in [0.15, 0.2) is 0 Å². The molecule has 0 aromatic rings. The highest BCUT2D eigenvalue weighted by Crippen LogP contribution is 2.40. The van der Waals surface area contributed by atoms with Crippen LogP contribution >= 0.6 is 0 Å². The molecule has 0 saturated carbocycles. The summed E-state index contributed by atoms with van der Waals surface area (Å²) in [5.41, 5.74) is 5.55. The molecule has 0 atom stereocenters. The van der Waals surface area contributed by atoms with Crippen molar-refractivity contribution in [2.45, 2.75) is 125 Å². The Morgan fingerprint density at radius 3 is 2.06 bits per heavy atom. The average Bonchev–Trinajstić information content (AvgIpc) is 2.79. The molecule has 0 aromatic heterocycles. The molecule has 0 saturated heterocycles. The molecule has 0 aromatic carbocycles. The normalized spacial score (nSPS) is 17.5. The number of allylic oxidation sites excluding steroid dienone is 8. The van der Waals surface area contributed by atoms with Gasteiger partial charge in [0.1, 0.15) is 0 Å². The quantitative estimate of drug-likeness (QED) is 0.126. The Balaban J connectivity index is 2.98. The maximum absolute atomic E-state index is 11.9. The predicted octanol–water partition coefficient (Wildman–Crippen LogP) is 9.35. The zero-order valence-corrected chi connectivity index (χ0v) is 23.7. The number of aliphatic carboxylic acids is 2. The van der Waals surface area contributed by atoms with Crippen molar-refractivity contribution in [3.05, 3.63) is 57.7 Å². The number of rotatable bonds is 16. The van der Waals surface area contributed by atoms with Gasteiger partial charge in [-0.2, -0.15) is 0 Å². The Labute approximate surface area is 220 Å². The number of carbonyl (C=O) groups is 2. The molecule has 0 aliphatic heterocycles. The van der Waals surface area contributed by atoms with E-state index in [0.717, 1.165) is 37.7 Å². The van der Waals surface area contributed by atoms with Crippen molar-refractivity contribution in [1.29, 1.82) is 0 Å². The number of carboxylic acid groups (broad SMARTS) is 2. The Morgan fingerprint density at radius 2 is 1.50 bits per heavy atom. The van der Waals surface area contributed by atoms with Crippen LogP contribution in [0.3, 0.4) is 0 Å². The second-order valence-corrected chi connectivity index (χ2v) is 11.1. The average molecular weight is 499 g/mol. The molecular formula is C32H50O4. The molecule has 0 amide bonds. The fourth-order valence-electron chi connectivity index (χ4n) is 5.05. The third-order valence-electron chi connectivity index (χ3n) is 7.44. The first kappa shape index (κ1) is 31.7. The molecule has 0 fully saturated rings. The summed E-state index contributed by atoms with van der Waals surface area (Å²) >= 11 is 0. The van der Waals surface area contributed by atoms with Gasteiger partial charge in [0, 0.05) is 5.57 Å². The first-order valence-electron chi connectivity index (χ1n) is 13.9. The van der Waals surface area contributed by atoms with Crippen molar-refractivity contribution in [2.24, 2.45) is 5.41 Å². The largest absolute Gasteiger partial charge is 0.481 e. The Morgan fingerprint density at radius 1 is 0.889 bits per heavy atom. The standard InChI is InChI=1S/C32H50O4/c1-7-8-9-10-11-12-13-14-17-28(31(35)36)25(3)18-20-27(23-30(33)34)24(2)19-21-29-26(4)16-15-22-32(29,5)6/h18-21H,7-17,22-23H2,1-6H3,(H,33,34)(H,35,36)/b20-18+,21-19+,27-24-,28-25+. The van der Waals surface area contributed by atoms with E-state index in [1.54, 1.807) is 12.2 Å². The molecule has 0 heterocycles. The summed E-state index contributed by atoms with van der Waals surface area (Å²) in [6.07, 6.45) is 21.0. The lowest BCUT2D eigenvalue weighted by atomic mass is 9.72. The van der Waals surface area contributed by atoms with Crippen molar-refractivity contribution in [1.82, 2.24) is 0 Å². The van der Waals surface area contributed by atoms with Crippen LogP contribution in [0.25, 0.3) is 0 Å². The molecule has 0 spiro atoms. The number of hydrogen-bond acceptors (Lipinski definition) is 2. The van der Waals surface area contributed by atoms with Gasteiger partial charge in [0.2, 0.25) is 0 Å². The van der Waals surface area contributed by atoms with Crippen LogP contribution in [0.2, 0.25) is 0 Å². The summed E-state index contributed by atoms with van der Waals surface area (Å²) in [6, 6.07) is 0. The van der Waals surface area contributed by atoms with Gasteiger partial charge in [-0.1, -0.05) is 95.6 Å². The second-order valence-electron chi connectivity index (χ2n) is 11.1. The first-order chi connectivity index (χ1) is 17.0. The van der Waals surface area contributed by atoms with E-state index >= 15 is 0 Å². The molecule has 1 aliphatic rings. The number of unbranched alkanes of at least 4 members (excludes halogenated alkanes) is 7. The third-order valence-corrected chi connectivity index (χ3v) is 7.44. The highest BCUT2D eigenvalue weighted by Gasteiger charge is 2.26. The topological polar surface area (TPSA) is 74.6 Å². The van der Waals surface area contributed by atoms with Gasteiger partial charge in [-0.3, -0.25) is 4.79 Å². The van der Waals surface area contributed by atoms with E-state index in [2.05, 4.69) is 33.8 Å². The smallest absolute Gasteiger partial charge is 0.331 e. The van der Waals surface area contributed by atoms with Gasteiger partial charge in [-0.05, 0) is 80.6 Å². The van der Waals surface area contributed by atoms with E-state index in [1.165, 1.54) is 49.7 Å². The zero-order chi connectivity index (χ0) is 27.1. The van der Waals surface area contributed by atoms with Gasteiger partial charge >= 0.3 is 11.9 Å². The van der Waals surface area contributed by atoms with E-state index < -0.39 is 11.9 Å². The van der Waals surface area contributed by atoms with Crippen LogP contribution in [0.4, 0.5) is 0 Å². The first-order valence-corrected chi connectivity index (χ1v) is 13.9. The van der Waals surface area contributed by atoms with Crippen LogP contribution in [-0.4, -0.2) is 22.2 Å². The van der Waals surface area contributed by atoms with E-state index in [4.69, 9.17) is 0 Å². The van der Waals surface area contributed by atoms with Crippen molar-refractivity contribution in [2.75, 3.05) is 0 Å². The van der Waals surface area contributed by atoms with E-state index in [0.29, 0.717) is 23.1 Å². The molecule has 1 rings (SSSR count). The second kappa shape index (κ2) is 16.4. The summed E-state index contributed by atoms with van der Waals surface area (Å²) in [5.74, 6) is -1.78. The monoisotopic (exact) mass is 498 g/mol. The molecule has 1 aliphatic carbocycles. The van der Waals surface area contributed by atoms with Crippen LogP contribution in [0.1, 0.15) is 125 Å². The SMILES string of the molecule is CCCCCCCCCC\C(C(=O)O)=C(C)/C=C/C(CC(=O)O)=C(C)/C=C/C1=C(C)CCCC1(C)C.